The summed E-state index contributed by atoms with van der Waals surface area (Å²) in [4.78, 5) is 0. The standard InChI is InChI=1S/C23H36O2/c1-4-5-17-6-8-18(9-7-17)19-10-12-20(13-11-19)21-14-15-22(24-2)23(16-21)25-3/h14-20H,4-13H2,1-3H3/t17-,18-,19-,20-. The SMILES string of the molecule is CCC[C@H]1CC[C@H]([C@H]2CC[C@H](c3ccc(OC)c(OC)c3)CC2)CC1. The van der Waals surface area contributed by atoms with Crippen LogP contribution in [0, 0.1) is 17.8 Å². The van der Waals surface area contributed by atoms with Gasteiger partial charge < -0.3 is 9.47 Å². The predicted molar refractivity (Wildman–Crippen MR) is 105 cm³/mol. The van der Waals surface area contributed by atoms with Gasteiger partial charge in [0.05, 0.1) is 14.2 Å². The van der Waals surface area contributed by atoms with Crippen LogP contribution < -0.4 is 9.47 Å². The lowest BCUT2D eigenvalue weighted by Gasteiger charge is -2.38. The molecule has 0 atom stereocenters. The lowest BCUT2D eigenvalue weighted by molar-refractivity contribution is 0.156. The normalized spacial score (nSPS) is 30.0. The maximum absolute atomic E-state index is 5.49. The summed E-state index contributed by atoms with van der Waals surface area (Å²) in [5.41, 5.74) is 1.43. The van der Waals surface area contributed by atoms with Crippen molar-refractivity contribution in [2.24, 2.45) is 17.8 Å². The van der Waals surface area contributed by atoms with Gasteiger partial charge in [-0.25, -0.2) is 0 Å². The first-order chi connectivity index (χ1) is 12.2. The average Bonchev–Trinajstić information content (AvgIpc) is 2.68. The van der Waals surface area contributed by atoms with Crippen LogP contribution in [-0.4, -0.2) is 14.2 Å². The van der Waals surface area contributed by atoms with Crippen molar-refractivity contribution in [2.45, 2.75) is 77.0 Å². The monoisotopic (exact) mass is 344 g/mol. The van der Waals surface area contributed by atoms with E-state index >= 15 is 0 Å². The Bertz CT molecular complexity index is 523. The van der Waals surface area contributed by atoms with Crippen LogP contribution in [0.1, 0.15) is 82.6 Å². The summed E-state index contributed by atoms with van der Waals surface area (Å²) < 4.78 is 10.9. The lowest BCUT2D eigenvalue weighted by atomic mass is 9.68. The Hall–Kier alpha value is -1.18. The fourth-order valence-electron chi connectivity index (χ4n) is 5.39. The molecular formula is C23H36O2. The predicted octanol–water partition coefficient (Wildman–Crippen LogP) is 6.58. The molecule has 1 aromatic rings. The van der Waals surface area contributed by atoms with Crippen LogP contribution >= 0.6 is 0 Å². The second-order valence-corrected chi connectivity index (χ2v) is 8.30. The zero-order valence-corrected chi connectivity index (χ0v) is 16.4. The summed E-state index contributed by atoms with van der Waals surface area (Å²) in [6.45, 7) is 2.33. The van der Waals surface area contributed by atoms with Gasteiger partial charge in [-0.1, -0.05) is 38.7 Å². The van der Waals surface area contributed by atoms with Gasteiger partial charge in [-0.05, 0) is 79.9 Å². The van der Waals surface area contributed by atoms with E-state index in [0.717, 1.165) is 29.3 Å². The molecule has 0 aromatic heterocycles. The molecule has 0 N–H and O–H groups in total. The molecule has 2 saturated carbocycles. The molecule has 0 aliphatic heterocycles. The van der Waals surface area contributed by atoms with E-state index in [9.17, 15) is 0 Å². The quantitative estimate of drug-likeness (QED) is 0.580. The number of hydrogen-bond acceptors (Lipinski definition) is 2. The molecule has 2 aliphatic carbocycles. The molecule has 140 valence electrons. The minimum atomic E-state index is 0.701. The molecule has 0 heterocycles. The van der Waals surface area contributed by atoms with Gasteiger partial charge in [-0.2, -0.15) is 0 Å². The van der Waals surface area contributed by atoms with Gasteiger partial charge in [-0.3, -0.25) is 0 Å². The van der Waals surface area contributed by atoms with E-state index in [4.69, 9.17) is 9.47 Å². The van der Waals surface area contributed by atoms with Gasteiger partial charge in [0, 0.05) is 0 Å². The van der Waals surface area contributed by atoms with Crippen molar-refractivity contribution in [3.63, 3.8) is 0 Å². The van der Waals surface area contributed by atoms with Crippen molar-refractivity contribution in [1.82, 2.24) is 0 Å². The molecule has 0 radical (unpaired) electrons. The highest BCUT2D eigenvalue weighted by Gasteiger charge is 2.31. The summed E-state index contributed by atoms with van der Waals surface area (Å²) in [7, 11) is 3.44. The summed E-state index contributed by atoms with van der Waals surface area (Å²) in [6, 6.07) is 6.50. The third-order valence-electron chi connectivity index (χ3n) is 6.91. The highest BCUT2D eigenvalue weighted by Crippen LogP contribution is 2.45. The Morgan fingerprint density at radius 2 is 1.40 bits per heavy atom. The van der Waals surface area contributed by atoms with Crippen LogP contribution in [-0.2, 0) is 0 Å². The van der Waals surface area contributed by atoms with E-state index in [1.165, 1.54) is 69.8 Å². The van der Waals surface area contributed by atoms with Gasteiger partial charge in [0.15, 0.2) is 11.5 Å². The Balaban J connectivity index is 1.52. The fraction of sp³-hybridized carbons (Fsp3) is 0.739. The molecule has 1 aromatic carbocycles. The van der Waals surface area contributed by atoms with Crippen LogP contribution in [0.3, 0.4) is 0 Å². The minimum Gasteiger partial charge on any atom is -0.493 e. The molecule has 25 heavy (non-hydrogen) atoms. The Morgan fingerprint density at radius 1 is 0.800 bits per heavy atom. The molecule has 0 saturated heterocycles. The molecule has 0 amide bonds. The maximum Gasteiger partial charge on any atom is 0.160 e. The largest absolute Gasteiger partial charge is 0.493 e. The molecule has 2 aliphatic rings. The number of benzene rings is 1. The summed E-state index contributed by atoms with van der Waals surface area (Å²) in [5.74, 6) is 5.44. The van der Waals surface area contributed by atoms with Crippen molar-refractivity contribution in [2.75, 3.05) is 14.2 Å². The second-order valence-electron chi connectivity index (χ2n) is 8.30. The van der Waals surface area contributed by atoms with Crippen LogP contribution in [0.25, 0.3) is 0 Å². The van der Waals surface area contributed by atoms with E-state index in [2.05, 4.69) is 25.1 Å². The van der Waals surface area contributed by atoms with Gasteiger partial charge >= 0.3 is 0 Å². The Kier molecular flexibility index (Phi) is 6.67. The maximum atomic E-state index is 5.49. The zero-order valence-electron chi connectivity index (χ0n) is 16.4. The molecule has 3 rings (SSSR count). The van der Waals surface area contributed by atoms with Gasteiger partial charge in [-0.15, -0.1) is 0 Å². The summed E-state index contributed by atoms with van der Waals surface area (Å²) >= 11 is 0. The van der Waals surface area contributed by atoms with Crippen molar-refractivity contribution in [3.8, 4) is 11.5 Å². The Morgan fingerprint density at radius 3 is 1.96 bits per heavy atom. The van der Waals surface area contributed by atoms with E-state index in [1.807, 2.05) is 0 Å². The van der Waals surface area contributed by atoms with Crippen LogP contribution in [0.5, 0.6) is 11.5 Å². The third-order valence-corrected chi connectivity index (χ3v) is 6.91. The summed E-state index contributed by atoms with van der Waals surface area (Å²) in [5, 5.41) is 0. The third kappa shape index (κ3) is 4.51. The molecule has 0 bridgehead atoms. The lowest BCUT2D eigenvalue weighted by Crippen LogP contribution is -2.25. The van der Waals surface area contributed by atoms with Gasteiger partial charge in [0.25, 0.3) is 0 Å². The number of rotatable bonds is 6. The molecule has 2 heteroatoms. The van der Waals surface area contributed by atoms with Crippen molar-refractivity contribution >= 4 is 0 Å². The highest BCUT2D eigenvalue weighted by atomic mass is 16.5. The number of methoxy groups -OCH3 is 2. The van der Waals surface area contributed by atoms with E-state index in [-0.39, 0.29) is 0 Å². The van der Waals surface area contributed by atoms with E-state index in [0.29, 0.717) is 5.92 Å². The molecule has 0 unspecified atom stereocenters. The van der Waals surface area contributed by atoms with E-state index < -0.39 is 0 Å². The summed E-state index contributed by atoms with van der Waals surface area (Å²) in [6.07, 6.45) is 14.3. The second kappa shape index (κ2) is 8.96. The van der Waals surface area contributed by atoms with Gasteiger partial charge in [0.2, 0.25) is 0 Å². The van der Waals surface area contributed by atoms with Crippen molar-refractivity contribution in [1.29, 1.82) is 0 Å². The van der Waals surface area contributed by atoms with E-state index in [1.54, 1.807) is 14.2 Å². The van der Waals surface area contributed by atoms with Crippen molar-refractivity contribution in [3.05, 3.63) is 23.8 Å². The first-order valence-electron chi connectivity index (χ1n) is 10.5. The average molecular weight is 345 g/mol. The molecular weight excluding hydrogens is 308 g/mol. The number of hydrogen-bond donors (Lipinski definition) is 0. The molecule has 2 nitrogen and oxygen atoms in total. The molecule has 0 spiro atoms. The molecule has 2 fully saturated rings. The first-order valence-corrected chi connectivity index (χ1v) is 10.5. The fourth-order valence-corrected chi connectivity index (χ4v) is 5.39. The zero-order chi connectivity index (χ0) is 17.6. The van der Waals surface area contributed by atoms with Crippen LogP contribution in [0.15, 0.2) is 18.2 Å². The Labute approximate surface area is 154 Å². The van der Waals surface area contributed by atoms with Crippen LogP contribution in [0.4, 0.5) is 0 Å². The topological polar surface area (TPSA) is 18.5 Å². The highest BCUT2D eigenvalue weighted by molar-refractivity contribution is 5.44. The minimum absolute atomic E-state index is 0.701. The van der Waals surface area contributed by atoms with Gasteiger partial charge in [0.1, 0.15) is 0 Å². The number of ether oxygens (including phenoxy) is 2. The van der Waals surface area contributed by atoms with Crippen LogP contribution in [0.2, 0.25) is 0 Å². The first kappa shape index (κ1) is 18.6. The smallest absolute Gasteiger partial charge is 0.160 e. The van der Waals surface area contributed by atoms with Crippen molar-refractivity contribution < 1.29 is 9.47 Å².